The number of benzene rings is 6. The van der Waals surface area contributed by atoms with Crippen molar-refractivity contribution in [2.75, 3.05) is 0 Å². The summed E-state index contributed by atoms with van der Waals surface area (Å²) in [5.74, 6) is 0.613. The molecular formula is C33H19Cl2NO. The number of aromatic nitrogens is 1. The number of hydrogen-bond donors (Lipinski definition) is 0. The van der Waals surface area contributed by atoms with Crippen LogP contribution in [0.25, 0.3) is 66.4 Å². The van der Waals surface area contributed by atoms with E-state index in [1.165, 1.54) is 0 Å². The van der Waals surface area contributed by atoms with Crippen molar-refractivity contribution in [1.29, 1.82) is 0 Å². The van der Waals surface area contributed by atoms with Crippen LogP contribution in [0.1, 0.15) is 0 Å². The lowest BCUT2D eigenvalue weighted by atomic mass is 9.94. The zero-order valence-corrected chi connectivity index (χ0v) is 21.1. The molecule has 0 N–H and O–H groups in total. The van der Waals surface area contributed by atoms with Crippen LogP contribution in [0.15, 0.2) is 120 Å². The summed E-state index contributed by atoms with van der Waals surface area (Å²) in [6.07, 6.45) is 0. The van der Waals surface area contributed by atoms with E-state index in [0.29, 0.717) is 15.9 Å². The lowest BCUT2D eigenvalue weighted by Gasteiger charge is -2.11. The highest BCUT2D eigenvalue weighted by Gasteiger charge is 2.17. The Kier molecular flexibility index (Phi) is 5.24. The zero-order valence-electron chi connectivity index (χ0n) is 19.6. The minimum absolute atomic E-state index is 0.613. The van der Waals surface area contributed by atoms with Crippen molar-refractivity contribution in [3.05, 3.63) is 125 Å². The predicted molar refractivity (Wildman–Crippen MR) is 155 cm³/mol. The number of hydrogen-bond acceptors (Lipinski definition) is 2. The normalized spacial score (nSPS) is 11.5. The van der Waals surface area contributed by atoms with Gasteiger partial charge in [-0.15, -0.1) is 0 Å². The quantitative estimate of drug-likeness (QED) is 0.218. The molecule has 0 aliphatic carbocycles. The molecule has 1 heterocycles. The van der Waals surface area contributed by atoms with Gasteiger partial charge in [-0.25, -0.2) is 4.98 Å². The van der Waals surface area contributed by atoms with Crippen molar-refractivity contribution in [2.45, 2.75) is 0 Å². The molecule has 37 heavy (non-hydrogen) atoms. The van der Waals surface area contributed by atoms with Gasteiger partial charge in [-0.05, 0) is 87.6 Å². The molecule has 4 heteroatoms. The number of fused-ring (bicyclic) bond motifs is 6. The summed E-state index contributed by atoms with van der Waals surface area (Å²) >= 11 is 12.6. The summed E-state index contributed by atoms with van der Waals surface area (Å²) in [7, 11) is 0. The first-order chi connectivity index (χ1) is 18.1. The largest absolute Gasteiger partial charge is 0.435 e. The van der Waals surface area contributed by atoms with E-state index in [9.17, 15) is 0 Å². The summed E-state index contributed by atoms with van der Waals surface area (Å²) < 4.78 is 6.42. The first kappa shape index (κ1) is 22.1. The average Bonchev–Trinajstić information content (AvgIpc) is 3.39. The fourth-order valence-corrected chi connectivity index (χ4v) is 5.40. The topological polar surface area (TPSA) is 26.0 Å². The first-order valence-corrected chi connectivity index (χ1v) is 12.8. The first-order valence-electron chi connectivity index (χ1n) is 12.0. The molecular weight excluding hydrogens is 497 g/mol. The summed E-state index contributed by atoms with van der Waals surface area (Å²) in [4.78, 5) is 4.96. The summed E-state index contributed by atoms with van der Waals surface area (Å²) in [5, 5.41) is 5.69. The Morgan fingerprint density at radius 3 is 1.62 bits per heavy atom. The molecule has 0 saturated carbocycles. The van der Waals surface area contributed by atoms with Gasteiger partial charge in [0.15, 0.2) is 5.58 Å². The van der Waals surface area contributed by atoms with Gasteiger partial charge < -0.3 is 4.42 Å². The van der Waals surface area contributed by atoms with Crippen molar-refractivity contribution in [3.63, 3.8) is 0 Å². The van der Waals surface area contributed by atoms with E-state index in [1.807, 2.05) is 66.7 Å². The van der Waals surface area contributed by atoms with Crippen LogP contribution in [0.4, 0.5) is 0 Å². The fraction of sp³-hybridized carbons (Fsp3) is 0. The molecule has 0 bridgehead atoms. The van der Waals surface area contributed by atoms with Crippen LogP contribution in [0.3, 0.4) is 0 Å². The minimum Gasteiger partial charge on any atom is -0.435 e. The Morgan fingerprint density at radius 1 is 0.459 bits per heavy atom. The fourth-order valence-electron chi connectivity index (χ4n) is 5.02. The SMILES string of the molecule is Clc1cccc(-c2ccc3c(c2)c2cc(-c4cccc(Cl)c4)ccc2c2oc(-c4ccccc4)nc32)c1. The smallest absolute Gasteiger partial charge is 0.227 e. The van der Waals surface area contributed by atoms with E-state index in [2.05, 4.69) is 48.5 Å². The Labute approximate surface area is 223 Å². The van der Waals surface area contributed by atoms with Crippen LogP contribution in [0.5, 0.6) is 0 Å². The van der Waals surface area contributed by atoms with Gasteiger partial charge in [0.2, 0.25) is 5.89 Å². The van der Waals surface area contributed by atoms with Gasteiger partial charge in [-0.1, -0.05) is 83.9 Å². The van der Waals surface area contributed by atoms with Gasteiger partial charge >= 0.3 is 0 Å². The maximum atomic E-state index is 6.42. The van der Waals surface area contributed by atoms with Crippen molar-refractivity contribution in [3.8, 4) is 33.7 Å². The second-order valence-electron chi connectivity index (χ2n) is 9.10. The minimum atomic E-state index is 0.613. The molecule has 0 radical (unpaired) electrons. The van der Waals surface area contributed by atoms with Crippen molar-refractivity contribution < 1.29 is 4.42 Å². The maximum Gasteiger partial charge on any atom is 0.227 e. The highest BCUT2D eigenvalue weighted by Crippen LogP contribution is 2.40. The molecule has 6 aromatic carbocycles. The van der Waals surface area contributed by atoms with Crippen LogP contribution < -0.4 is 0 Å². The van der Waals surface area contributed by atoms with Crippen LogP contribution in [0.2, 0.25) is 10.0 Å². The van der Waals surface area contributed by atoms with Crippen LogP contribution >= 0.6 is 23.2 Å². The average molecular weight is 516 g/mol. The third-order valence-electron chi connectivity index (χ3n) is 6.79. The standard InChI is InChI=1S/C33H19Cl2NO/c34-25-10-4-8-21(16-25)23-12-14-27-29(18-23)30-19-24(22-9-5-11-26(35)17-22)13-15-28(30)32-31(27)36-33(37-32)20-6-2-1-3-7-20/h1-19H. The highest BCUT2D eigenvalue weighted by atomic mass is 35.5. The van der Waals surface area contributed by atoms with E-state index >= 15 is 0 Å². The third kappa shape index (κ3) is 3.86. The maximum absolute atomic E-state index is 6.42. The van der Waals surface area contributed by atoms with Gasteiger partial charge in [0, 0.05) is 26.4 Å². The molecule has 0 aliphatic heterocycles. The lowest BCUT2D eigenvalue weighted by molar-refractivity contribution is 0.623. The predicted octanol–water partition coefficient (Wildman–Crippen LogP) is 10.4. The van der Waals surface area contributed by atoms with E-state index in [1.54, 1.807) is 0 Å². The van der Waals surface area contributed by atoms with Gasteiger partial charge in [0.05, 0.1) is 0 Å². The highest BCUT2D eigenvalue weighted by molar-refractivity contribution is 6.31. The molecule has 0 spiro atoms. The molecule has 7 aromatic rings. The second-order valence-corrected chi connectivity index (χ2v) is 9.98. The van der Waals surface area contributed by atoms with Crippen LogP contribution in [-0.4, -0.2) is 4.98 Å². The molecule has 7 rings (SSSR count). The van der Waals surface area contributed by atoms with Crippen LogP contribution in [-0.2, 0) is 0 Å². The number of oxazole rings is 1. The Bertz CT molecular complexity index is 1840. The molecule has 2 nitrogen and oxygen atoms in total. The number of rotatable bonds is 3. The molecule has 0 unspecified atom stereocenters. The molecule has 0 atom stereocenters. The Hall–Kier alpha value is -4.11. The second kappa shape index (κ2) is 8.77. The van der Waals surface area contributed by atoms with E-state index in [0.717, 1.165) is 60.5 Å². The summed E-state index contributed by atoms with van der Waals surface area (Å²) in [6, 6.07) is 38.8. The number of nitrogens with zero attached hydrogens (tertiary/aromatic N) is 1. The molecule has 0 fully saturated rings. The molecule has 0 aliphatic rings. The summed E-state index contributed by atoms with van der Waals surface area (Å²) in [5.41, 5.74) is 6.91. The molecule has 1 aromatic heterocycles. The van der Waals surface area contributed by atoms with Crippen molar-refractivity contribution in [2.24, 2.45) is 0 Å². The third-order valence-corrected chi connectivity index (χ3v) is 7.26. The van der Waals surface area contributed by atoms with Crippen molar-refractivity contribution in [1.82, 2.24) is 4.98 Å². The Morgan fingerprint density at radius 2 is 1.00 bits per heavy atom. The summed E-state index contributed by atoms with van der Waals surface area (Å²) in [6.45, 7) is 0. The van der Waals surface area contributed by atoms with Crippen LogP contribution in [0, 0.1) is 0 Å². The van der Waals surface area contributed by atoms with E-state index in [-0.39, 0.29) is 0 Å². The van der Waals surface area contributed by atoms with E-state index < -0.39 is 0 Å². The monoisotopic (exact) mass is 515 g/mol. The molecule has 0 saturated heterocycles. The van der Waals surface area contributed by atoms with Gasteiger partial charge in [-0.3, -0.25) is 0 Å². The van der Waals surface area contributed by atoms with Crippen molar-refractivity contribution >= 4 is 55.8 Å². The molecule has 0 amide bonds. The Balaban J connectivity index is 1.56. The van der Waals surface area contributed by atoms with E-state index in [4.69, 9.17) is 32.6 Å². The lowest BCUT2D eigenvalue weighted by Crippen LogP contribution is -1.86. The van der Waals surface area contributed by atoms with Gasteiger partial charge in [0.1, 0.15) is 5.52 Å². The zero-order chi connectivity index (χ0) is 24.9. The van der Waals surface area contributed by atoms with Gasteiger partial charge in [0.25, 0.3) is 0 Å². The van der Waals surface area contributed by atoms with Gasteiger partial charge in [-0.2, -0.15) is 0 Å². The molecule has 176 valence electrons. The number of halogens is 2.